The van der Waals surface area contributed by atoms with Crippen LogP contribution in [0.25, 0.3) is 12.2 Å². The highest BCUT2D eigenvalue weighted by Crippen LogP contribution is 2.20. The number of hydrogen-bond acceptors (Lipinski definition) is 3. The van der Waals surface area contributed by atoms with E-state index in [0.29, 0.717) is 6.54 Å². The van der Waals surface area contributed by atoms with Crippen LogP contribution in [-0.2, 0) is 13.1 Å². The zero-order valence-corrected chi connectivity index (χ0v) is 17.8. The Balaban J connectivity index is 1.73. The Hall–Kier alpha value is -2.56. The van der Waals surface area contributed by atoms with E-state index in [0.717, 1.165) is 30.1 Å². The van der Waals surface area contributed by atoms with Gasteiger partial charge in [0.25, 0.3) is 0 Å². The van der Waals surface area contributed by atoms with Crippen molar-refractivity contribution in [3.8, 4) is 0 Å². The minimum absolute atomic E-state index is 0.136. The monoisotopic (exact) mass is 405 g/mol. The summed E-state index contributed by atoms with van der Waals surface area (Å²) in [4.78, 5) is 2.44. The summed E-state index contributed by atoms with van der Waals surface area (Å²) < 4.78 is 2.05. The molecular formula is C25H29N2OS+. The predicted molar refractivity (Wildman–Crippen MR) is 125 cm³/mol. The molecule has 0 aliphatic rings. The van der Waals surface area contributed by atoms with E-state index in [9.17, 15) is 5.11 Å². The summed E-state index contributed by atoms with van der Waals surface area (Å²) in [7, 11) is 0. The third-order valence-corrected chi connectivity index (χ3v) is 5.39. The van der Waals surface area contributed by atoms with Gasteiger partial charge in [-0.15, -0.1) is 0 Å². The van der Waals surface area contributed by atoms with Crippen molar-refractivity contribution in [2.24, 2.45) is 0 Å². The number of aromatic nitrogens is 1. The summed E-state index contributed by atoms with van der Waals surface area (Å²) in [6, 6.07) is 25.4. The number of aliphatic hydroxyl groups excluding tert-OH is 1. The van der Waals surface area contributed by atoms with Crippen LogP contribution in [-0.4, -0.2) is 30.3 Å². The van der Waals surface area contributed by atoms with Crippen LogP contribution in [0.2, 0.25) is 0 Å². The molecule has 0 radical (unpaired) electrons. The molecular weight excluding hydrogens is 376 g/mol. The largest absolute Gasteiger partial charge is 0.390 e. The fraction of sp³-hybridized carbons (Fsp3) is 0.240. The first-order valence-electron chi connectivity index (χ1n) is 9.95. The summed E-state index contributed by atoms with van der Waals surface area (Å²) >= 11 is 1.88. The van der Waals surface area contributed by atoms with Crippen LogP contribution in [0.3, 0.4) is 0 Å². The van der Waals surface area contributed by atoms with Crippen molar-refractivity contribution in [2.45, 2.75) is 13.1 Å². The van der Waals surface area contributed by atoms with Gasteiger partial charge < -0.3 is 10.0 Å². The number of benzene rings is 2. The van der Waals surface area contributed by atoms with Gasteiger partial charge in [0.1, 0.15) is 6.61 Å². The molecule has 150 valence electrons. The summed E-state index contributed by atoms with van der Waals surface area (Å²) in [5.74, 6) is 1.10. The fourth-order valence-corrected chi connectivity index (χ4v) is 3.64. The Kier molecular flexibility index (Phi) is 8.35. The van der Waals surface area contributed by atoms with Crippen molar-refractivity contribution in [3.05, 3.63) is 95.8 Å². The van der Waals surface area contributed by atoms with Crippen LogP contribution in [0.1, 0.15) is 16.8 Å². The molecule has 0 bridgehead atoms. The van der Waals surface area contributed by atoms with Crippen molar-refractivity contribution in [2.75, 3.05) is 30.1 Å². The molecule has 0 saturated carbocycles. The van der Waals surface area contributed by atoms with E-state index >= 15 is 0 Å². The van der Waals surface area contributed by atoms with E-state index in [1.54, 1.807) is 0 Å². The lowest BCUT2D eigenvalue weighted by Crippen LogP contribution is -2.38. The Bertz CT molecular complexity index is 894. The number of anilines is 1. The Morgan fingerprint density at radius 2 is 1.69 bits per heavy atom. The van der Waals surface area contributed by atoms with Crippen LogP contribution in [0, 0.1) is 0 Å². The van der Waals surface area contributed by atoms with Gasteiger partial charge in [0.15, 0.2) is 12.7 Å². The Morgan fingerprint density at radius 3 is 2.41 bits per heavy atom. The van der Waals surface area contributed by atoms with Crippen LogP contribution in [0.15, 0.2) is 79.0 Å². The number of rotatable bonds is 10. The standard InChI is InChI=1S/C25H29N2OS/c1-29-20-18-27(21-23-7-3-2-4-8-23)25-14-11-22(12-15-25)10-13-24-9-5-6-16-26(24)17-19-28/h2-16,28H,17-21H2,1H3/q+1. The Morgan fingerprint density at radius 1 is 0.931 bits per heavy atom. The maximum Gasteiger partial charge on any atom is 0.205 e. The lowest BCUT2D eigenvalue weighted by Gasteiger charge is -2.25. The molecule has 0 atom stereocenters. The van der Waals surface area contributed by atoms with Gasteiger partial charge in [-0.2, -0.15) is 16.3 Å². The highest BCUT2D eigenvalue weighted by molar-refractivity contribution is 7.98. The van der Waals surface area contributed by atoms with E-state index in [1.165, 1.54) is 11.3 Å². The average Bonchev–Trinajstić information content (AvgIpc) is 2.77. The molecule has 29 heavy (non-hydrogen) atoms. The number of aliphatic hydroxyl groups is 1. The maximum absolute atomic E-state index is 9.23. The van der Waals surface area contributed by atoms with Gasteiger partial charge in [0.2, 0.25) is 5.69 Å². The highest BCUT2D eigenvalue weighted by Gasteiger charge is 2.08. The second-order valence-electron chi connectivity index (χ2n) is 6.87. The van der Waals surface area contributed by atoms with Gasteiger partial charge in [0.05, 0.1) is 0 Å². The number of nitrogens with zero attached hydrogens (tertiary/aromatic N) is 2. The molecule has 0 fully saturated rings. The molecule has 2 aromatic carbocycles. The average molecular weight is 406 g/mol. The summed E-state index contributed by atoms with van der Waals surface area (Å²) in [6.45, 7) is 2.68. The highest BCUT2D eigenvalue weighted by atomic mass is 32.2. The minimum atomic E-state index is 0.136. The first-order valence-corrected chi connectivity index (χ1v) is 11.3. The molecule has 4 heteroatoms. The van der Waals surface area contributed by atoms with Crippen LogP contribution in [0.5, 0.6) is 0 Å². The predicted octanol–water partition coefficient (Wildman–Crippen LogP) is 4.51. The van der Waals surface area contributed by atoms with E-state index in [1.807, 2.05) is 30.1 Å². The van der Waals surface area contributed by atoms with Crippen LogP contribution >= 0.6 is 11.8 Å². The molecule has 3 aromatic rings. The second kappa shape index (κ2) is 11.4. The fourth-order valence-electron chi connectivity index (χ4n) is 3.23. The molecule has 1 N–H and O–H groups in total. The topological polar surface area (TPSA) is 27.4 Å². The summed E-state index contributed by atoms with van der Waals surface area (Å²) in [6.07, 6.45) is 8.37. The molecule has 0 amide bonds. The normalized spacial score (nSPS) is 11.1. The molecule has 3 nitrogen and oxygen atoms in total. The SMILES string of the molecule is CSCCN(Cc1ccccc1)c1ccc(C=Cc2cccc[n+]2CCO)cc1. The van der Waals surface area contributed by atoms with E-state index in [4.69, 9.17) is 0 Å². The third kappa shape index (κ3) is 6.48. The Labute approximate surface area is 178 Å². The smallest absolute Gasteiger partial charge is 0.205 e. The molecule has 0 aliphatic carbocycles. The van der Waals surface area contributed by atoms with Crippen LogP contribution in [0.4, 0.5) is 5.69 Å². The molecule has 1 heterocycles. The molecule has 0 aliphatic heterocycles. The molecule has 0 spiro atoms. The van der Waals surface area contributed by atoms with E-state index in [-0.39, 0.29) is 6.61 Å². The molecule has 1 aromatic heterocycles. The van der Waals surface area contributed by atoms with E-state index in [2.05, 4.69) is 88.5 Å². The summed E-state index contributed by atoms with van der Waals surface area (Å²) in [5, 5.41) is 9.23. The van der Waals surface area contributed by atoms with Gasteiger partial charge >= 0.3 is 0 Å². The van der Waals surface area contributed by atoms with Crippen molar-refractivity contribution < 1.29 is 9.67 Å². The van der Waals surface area contributed by atoms with Crippen LogP contribution < -0.4 is 9.47 Å². The van der Waals surface area contributed by atoms with Crippen molar-refractivity contribution >= 4 is 29.6 Å². The van der Waals surface area contributed by atoms with Gasteiger partial charge in [0, 0.05) is 42.7 Å². The zero-order valence-electron chi connectivity index (χ0n) is 16.9. The number of thioether (sulfide) groups is 1. The first-order chi connectivity index (χ1) is 14.3. The van der Waals surface area contributed by atoms with E-state index < -0.39 is 0 Å². The maximum atomic E-state index is 9.23. The van der Waals surface area contributed by atoms with Crippen molar-refractivity contribution in [1.82, 2.24) is 0 Å². The molecule has 0 unspecified atom stereocenters. The van der Waals surface area contributed by atoms with Crippen molar-refractivity contribution in [3.63, 3.8) is 0 Å². The first kappa shape index (κ1) is 21.2. The number of hydrogen-bond donors (Lipinski definition) is 1. The molecule has 0 saturated heterocycles. The van der Waals surface area contributed by atoms with Gasteiger partial charge in [-0.05, 0) is 41.7 Å². The minimum Gasteiger partial charge on any atom is -0.390 e. The third-order valence-electron chi connectivity index (χ3n) is 4.80. The van der Waals surface area contributed by atoms with Gasteiger partial charge in [-0.3, -0.25) is 0 Å². The van der Waals surface area contributed by atoms with Gasteiger partial charge in [-0.25, -0.2) is 0 Å². The quantitative estimate of drug-likeness (QED) is 0.503. The number of pyridine rings is 1. The zero-order chi connectivity index (χ0) is 20.3. The lowest BCUT2D eigenvalue weighted by molar-refractivity contribution is -0.699. The van der Waals surface area contributed by atoms with Crippen molar-refractivity contribution in [1.29, 1.82) is 0 Å². The van der Waals surface area contributed by atoms with Gasteiger partial charge in [-0.1, -0.05) is 42.5 Å². The lowest BCUT2D eigenvalue weighted by atomic mass is 10.1. The summed E-state index contributed by atoms with van der Waals surface area (Å²) in [5.41, 5.74) is 4.82. The second-order valence-corrected chi connectivity index (χ2v) is 7.85. The molecule has 3 rings (SSSR count).